The molecule has 0 spiro atoms. The number of rotatable bonds is 5. The van der Waals surface area contributed by atoms with Gasteiger partial charge in [-0.25, -0.2) is 0 Å². The van der Waals surface area contributed by atoms with E-state index in [9.17, 15) is 14.9 Å². The quantitative estimate of drug-likeness (QED) is 0.532. The summed E-state index contributed by atoms with van der Waals surface area (Å²) in [6.07, 6.45) is 6.78. The number of likely N-dealkylation sites (N-methyl/N-ethyl adjacent to an activating group) is 1. The van der Waals surface area contributed by atoms with Crippen molar-refractivity contribution in [1.82, 2.24) is 9.80 Å². The molecule has 1 aliphatic carbocycles. The van der Waals surface area contributed by atoms with Crippen molar-refractivity contribution >= 4 is 34.8 Å². The van der Waals surface area contributed by atoms with Crippen molar-refractivity contribution in [3.05, 3.63) is 37.9 Å². The van der Waals surface area contributed by atoms with E-state index in [1.807, 2.05) is 7.05 Å². The summed E-state index contributed by atoms with van der Waals surface area (Å²) >= 11 is 11.9. The Kier molecular flexibility index (Phi) is 6.61. The minimum absolute atomic E-state index is 0.0487. The molecule has 0 bridgehead atoms. The van der Waals surface area contributed by atoms with Gasteiger partial charge in [0.1, 0.15) is 0 Å². The zero-order valence-electron chi connectivity index (χ0n) is 15.5. The monoisotopic (exact) mass is 413 g/mol. The predicted octanol–water partition coefficient (Wildman–Crippen LogP) is 4.31. The third-order valence-corrected chi connectivity index (χ3v) is 6.58. The fraction of sp³-hybridized carbons (Fsp3) is 0.632. The van der Waals surface area contributed by atoms with Crippen molar-refractivity contribution in [2.75, 3.05) is 20.1 Å². The van der Waals surface area contributed by atoms with Gasteiger partial charge in [-0.1, -0.05) is 36.0 Å². The molecular weight excluding hydrogens is 389 g/mol. The summed E-state index contributed by atoms with van der Waals surface area (Å²) < 4.78 is 0. The summed E-state index contributed by atoms with van der Waals surface area (Å²) in [5.41, 5.74) is 0.144. The van der Waals surface area contributed by atoms with E-state index < -0.39 is 4.92 Å². The Balaban J connectivity index is 1.77. The van der Waals surface area contributed by atoms with Crippen LogP contribution in [0.25, 0.3) is 0 Å². The molecule has 8 heteroatoms. The Bertz CT molecular complexity index is 722. The number of halogens is 2. The molecule has 0 N–H and O–H groups in total. The van der Waals surface area contributed by atoms with Gasteiger partial charge >= 0.3 is 0 Å². The number of nitrogens with zero attached hydrogens (tertiary/aromatic N) is 3. The fourth-order valence-corrected chi connectivity index (χ4v) is 4.75. The molecule has 1 heterocycles. The highest BCUT2D eigenvalue weighted by Gasteiger charge is 2.35. The third kappa shape index (κ3) is 4.55. The Hall–Kier alpha value is -1.37. The van der Waals surface area contributed by atoms with E-state index in [2.05, 4.69) is 4.90 Å². The molecule has 2 fully saturated rings. The molecule has 3 rings (SSSR count). The van der Waals surface area contributed by atoms with Gasteiger partial charge in [-0.2, -0.15) is 0 Å². The first-order valence-corrected chi connectivity index (χ1v) is 10.3. The smallest absolute Gasteiger partial charge is 0.274 e. The highest BCUT2D eigenvalue weighted by Crippen LogP contribution is 2.32. The van der Waals surface area contributed by atoms with Crippen molar-refractivity contribution in [2.45, 2.75) is 57.0 Å². The van der Waals surface area contributed by atoms with E-state index in [1.165, 1.54) is 31.4 Å². The molecule has 1 aliphatic heterocycles. The van der Waals surface area contributed by atoms with Gasteiger partial charge in [0, 0.05) is 30.8 Å². The van der Waals surface area contributed by atoms with Crippen molar-refractivity contribution in [2.24, 2.45) is 0 Å². The topological polar surface area (TPSA) is 66.7 Å². The first-order valence-electron chi connectivity index (χ1n) is 9.50. The fourth-order valence-electron chi connectivity index (χ4n) is 4.40. The molecular formula is C19H25Cl2N3O3. The number of hydrogen-bond acceptors (Lipinski definition) is 4. The molecule has 6 nitrogen and oxygen atoms in total. The van der Waals surface area contributed by atoms with Crippen LogP contribution in [0.1, 0.15) is 44.1 Å². The average Bonchev–Trinajstić information content (AvgIpc) is 3.18. The standard InChI is InChI=1S/C19H25Cl2N3O3/c1-22(16-6-2-3-7-17(16)23-8-4-5-9-23)19(25)11-13-10-14(20)15(21)12-18(13)24(26)27/h10,12,16-17H,2-9,11H2,1H3/t16-,17-/m0/s1. The lowest BCUT2D eigenvalue weighted by molar-refractivity contribution is -0.385. The van der Waals surface area contributed by atoms with Crippen LogP contribution in [0.3, 0.4) is 0 Å². The lowest BCUT2D eigenvalue weighted by Gasteiger charge is -2.42. The average molecular weight is 414 g/mol. The van der Waals surface area contributed by atoms with Gasteiger partial charge in [0.2, 0.25) is 5.91 Å². The van der Waals surface area contributed by atoms with Crippen LogP contribution < -0.4 is 0 Å². The SMILES string of the molecule is CN(C(=O)Cc1cc(Cl)c(Cl)cc1[N+](=O)[O-])[C@H]1CCCC[C@@H]1N1CCCC1. The molecule has 148 valence electrons. The number of carbonyl (C=O) groups is 1. The maximum Gasteiger partial charge on any atom is 0.274 e. The van der Waals surface area contributed by atoms with E-state index in [-0.39, 0.29) is 34.1 Å². The summed E-state index contributed by atoms with van der Waals surface area (Å²) in [6.45, 7) is 2.20. The van der Waals surface area contributed by atoms with Crippen LogP contribution in [-0.2, 0) is 11.2 Å². The molecule has 1 aromatic rings. The molecule has 2 atom stereocenters. The van der Waals surface area contributed by atoms with Crippen LogP contribution in [0, 0.1) is 10.1 Å². The molecule has 1 aromatic carbocycles. The van der Waals surface area contributed by atoms with Gasteiger partial charge < -0.3 is 4.90 Å². The van der Waals surface area contributed by atoms with E-state index in [0.717, 1.165) is 32.4 Å². The van der Waals surface area contributed by atoms with E-state index in [1.54, 1.807) is 4.90 Å². The first kappa shape index (κ1) is 20.4. The Morgan fingerprint density at radius 1 is 1.19 bits per heavy atom. The molecule has 1 saturated carbocycles. The van der Waals surface area contributed by atoms with Crippen molar-refractivity contribution in [3.8, 4) is 0 Å². The van der Waals surface area contributed by atoms with Crippen LogP contribution in [-0.4, -0.2) is 52.9 Å². The Morgan fingerprint density at radius 2 is 1.81 bits per heavy atom. The summed E-state index contributed by atoms with van der Waals surface area (Å²) in [4.78, 5) is 28.1. The largest absolute Gasteiger partial charge is 0.341 e. The first-order chi connectivity index (χ1) is 12.9. The summed E-state index contributed by atoms with van der Waals surface area (Å²) in [5, 5.41) is 11.7. The predicted molar refractivity (Wildman–Crippen MR) is 106 cm³/mol. The Morgan fingerprint density at radius 3 is 2.48 bits per heavy atom. The lowest BCUT2D eigenvalue weighted by Crippen LogP contribution is -2.53. The molecule has 0 radical (unpaired) electrons. The highest BCUT2D eigenvalue weighted by atomic mass is 35.5. The second-order valence-electron chi connectivity index (χ2n) is 7.50. The van der Waals surface area contributed by atoms with Gasteiger partial charge in [-0.15, -0.1) is 0 Å². The zero-order valence-corrected chi connectivity index (χ0v) is 17.0. The van der Waals surface area contributed by atoms with Gasteiger partial charge in [0.05, 0.1) is 21.4 Å². The maximum atomic E-state index is 13.0. The zero-order chi connectivity index (χ0) is 19.6. The molecule has 27 heavy (non-hydrogen) atoms. The number of nitro benzene ring substituents is 1. The number of amides is 1. The molecule has 1 amide bonds. The van der Waals surface area contributed by atoms with E-state index in [4.69, 9.17) is 23.2 Å². The van der Waals surface area contributed by atoms with Gasteiger partial charge in [0.15, 0.2) is 0 Å². The number of nitro groups is 1. The van der Waals surface area contributed by atoms with Crippen molar-refractivity contribution in [1.29, 1.82) is 0 Å². The Labute approximate surface area is 169 Å². The maximum absolute atomic E-state index is 13.0. The molecule has 2 aliphatic rings. The molecule has 0 unspecified atom stereocenters. The minimum Gasteiger partial charge on any atom is -0.341 e. The number of likely N-dealkylation sites (tertiary alicyclic amines) is 1. The van der Waals surface area contributed by atoms with Crippen LogP contribution in [0.4, 0.5) is 5.69 Å². The van der Waals surface area contributed by atoms with Crippen molar-refractivity contribution in [3.63, 3.8) is 0 Å². The summed E-state index contributed by atoms with van der Waals surface area (Å²) in [7, 11) is 1.82. The number of carbonyl (C=O) groups excluding carboxylic acids is 1. The third-order valence-electron chi connectivity index (χ3n) is 5.85. The van der Waals surface area contributed by atoms with Crippen molar-refractivity contribution < 1.29 is 9.72 Å². The second-order valence-corrected chi connectivity index (χ2v) is 8.31. The normalized spacial score (nSPS) is 23.4. The van der Waals surface area contributed by atoms with Crippen LogP contribution in [0.2, 0.25) is 10.0 Å². The second kappa shape index (κ2) is 8.76. The van der Waals surface area contributed by atoms with Gasteiger partial charge in [-0.3, -0.25) is 19.8 Å². The van der Waals surface area contributed by atoms with Crippen LogP contribution >= 0.6 is 23.2 Å². The highest BCUT2D eigenvalue weighted by molar-refractivity contribution is 6.42. The summed E-state index contributed by atoms with van der Waals surface area (Å²) in [6, 6.07) is 3.21. The molecule has 1 saturated heterocycles. The summed E-state index contributed by atoms with van der Waals surface area (Å²) in [5.74, 6) is -0.118. The number of hydrogen-bond donors (Lipinski definition) is 0. The molecule has 0 aromatic heterocycles. The van der Waals surface area contributed by atoms with E-state index >= 15 is 0 Å². The minimum atomic E-state index is -0.515. The number of benzene rings is 1. The van der Waals surface area contributed by atoms with Crippen LogP contribution in [0.5, 0.6) is 0 Å². The lowest BCUT2D eigenvalue weighted by atomic mass is 9.88. The van der Waals surface area contributed by atoms with Gasteiger partial charge in [0.25, 0.3) is 5.69 Å². The van der Waals surface area contributed by atoms with E-state index in [0.29, 0.717) is 11.6 Å². The van der Waals surface area contributed by atoms with Crippen LogP contribution in [0.15, 0.2) is 12.1 Å². The van der Waals surface area contributed by atoms with Gasteiger partial charge in [-0.05, 0) is 44.8 Å².